The summed E-state index contributed by atoms with van der Waals surface area (Å²) in [6.07, 6.45) is 4.52. The van der Waals surface area contributed by atoms with Gasteiger partial charge < -0.3 is 9.80 Å². The SMILES string of the molecule is C=CCN(CC=C)C(=O)C1CC(=O)N(c2ccccc2CC)C1. The van der Waals surface area contributed by atoms with E-state index in [2.05, 4.69) is 20.1 Å². The lowest BCUT2D eigenvalue weighted by Gasteiger charge is -2.23. The Morgan fingerprint density at radius 1 is 1.30 bits per heavy atom. The quantitative estimate of drug-likeness (QED) is 0.726. The van der Waals surface area contributed by atoms with Crippen molar-refractivity contribution in [2.75, 3.05) is 24.5 Å². The minimum atomic E-state index is -0.299. The van der Waals surface area contributed by atoms with Crippen LogP contribution in [0.3, 0.4) is 0 Å². The molecular formula is C19H24N2O2. The lowest BCUT2D eigenvalue weighted by atomic mass is 10.1. The maximum Gasteiger partial charge on any atom is 0.228 e. The first kappa shape index (κ1) is 17.0. The Balaban J connectivity index is 2.17. The van der Waals surface area contributed by atoms with Crippen molar-refractivity contribution < 1.29 is 9.59 Å². The van der Waals surface area contributed by atoms with Gasteiger partial charge >= 0.3 is 0 Å². The minimum absolute atomic E-state index is 0.00497. The molecule has 1 fully saturated rings. The molecule has 2 amide bonds. The minimum Gasteiger partial charge on any atom is -0.335 e. The van der Waals surface area contributed by atoms with Crippen LogP contribution < -0.4 is 4.90 Å². The lowest BCUT2D eigenvalue weighted by molar-refractivity contribution is -0.134. The molecule has 1 aromatic rings. The van der Waals surface area contributed by atoms with Gasteiger partial charge in [-0.1, -0.05) is 37.3 Å². The fraction of sp³-hybridized carbons (Fsp3) is 0.368. The Morgan fingerprint density at radius 3 is 2.57 bits per heavy atom. The third-order valence-electron chi connectivity index (χ3n) is 4.15. The molecule has 1 atom stereocenters. The number of nitrogens with zero attached hydrogens (tertiary/aromatic N) is 2. The largest absolute Gasteiger partial charge is 0.335 e. The summed E-state index contributed by atoms with van der Waals surface area (Å²) in [5.41, 5.74) is 2.05. The zero-order valence-electron chi connectivity index (χ0n) is 13.7. The Hall–Kier alpha value is -2.36. The predicted octanol–water partition coefficient (Wildman–Crippen LogP) is 2.80. The van der Waals surface area contributed by atoms with Gasteiger partial charge in [0.15, 0.2) is 0 Å². The van der Waals surface area contributed by atoms with Crippen molar-refractivity contribution >= 4 is 17.5 Å². The standard InChI is InChI=1S/C19H24N2O2/c1-4-11-20(12-5-2)19(23)16-13-18(22)21(14-16)17-10-8-7-9-15(17)6-3/h4-5,7-10,16H,1-2,6,11-14H2,3H3. The molecule has 0 radical (unpaired) electrons. The van der Waals surface area contributed by atoms with Crippen LogP contribution in [0, 0.1) is 5.92 Å². The molecule has 1 aliphatic rings. The molecule has 0 spiro atoms. The van der Waals surface area contributed by atoms with Gasteiger partial charge in [0, 0.05) is 31.7 Å². The van der Waals surface area contributed by atoms with Gasteiger partial charge in [0.2, 0.25) is 11.8 Å². The van der Waals surface area contributed by atoms with E-state index in [-0.39, 0.29) is 24.2 Å². The van der Waals surface area contributed by atoms with E-state index in [4.69, 9.17) is 0 Å². The Labute approximate surface area is 138 Å². The lowest BCUT2D eigenvalue weighted by Crippen LogP contribution is -2.37. The summed E-state index contributed by atoms with van der Waals surface area (Å²) >= 11 is 0. The molecule has 1 heterocycles. The zero-order chi connectivity index (χ0) is 16.8. The van der Waals surface area contributed by atoms with Crippen molar-refractivity contribution in [3.05, 3.63) is 55.1 Å². The predicted molar refractivity (Wildman–Crippen MR) is 93.3 cm³/mol. The molecule has 122 valence electrons. The molecule has 0 aliphatic carbocycles. The average molecular weight is 312 g/mol. The molecule has 2 rings (SSSR count). The second-order valence-electron chi connectivity index (χ2n) is 5.71. The van der Waals surface area contributed by atoms with Crippen LogP contribution in [0.5, 0.6) is 0 Å². The molecule has 0 saturated carbocycles. The molecule has 0 N–H and O–H groups in total. The topological polar surface area (TPSA) is 40.6 Å². The van der Waals surface area contributed by atoms with Crippen LogP contribution in [-0.2, 0) is 16.0 Å². The number of aryl methyl sites for hydroxylation is 1. The van der Waals surface area contributed by atoms with E-state index in [1.165, 1.54) is 0 Å². The Morgan fingerprint density at radius 2 is 1.96 bits per heavy atom. The maximum atomic E-state index is 12.7. The third-order valence-corrected chi connectivity index (χ3v) is 4.15. The van der Waals surface area contributed by atoms with Gasteiger partial charge in [0.25, 0.3) is 0 Å². The molecule has 1 aliphatic heterocycles. The molecule has 4 nitrogen and oxygen atoms in total. The fourth-order valence-corrected chi connectivity index (χ4v) is 3.00. The molecule has 0 bridgehead atoms. The van der Waals surface area contributed by atoms with Crippen LogP contribution in [-0.4, -0.2) is 36.3 Å². The first-order valence-electron chi connectivity index (χ1n) is 8.01. The number of carbonyl (C=O) groups excluding carboxylic acids is 2. The zero-order valence-corrected chi connectivity index (χ0v) is 13.7. The normalized spacial score (nSPS) is 17.2. The van der Waals surface area contributed by atoms with Crippen molar-refractivity contribution in [1.82, 2.24) is 4.90 Å². The van der Waals surface area contributed by atoms with Gasteiger partial charge in [0.1, 0.15) is 0 Å². The van der Waals surface area contributed by atoms with Gasteiger partial charge in [-0.2, -0.15) is 0 Å². The highest BCUT2D eigenvalue weighted by Crippen LogP contribution is 2.29. The van der Waals surface area contributed by atoms with E-state index < -0.39 is 0 Å². The molecule has 4 heteroatoms. The number of anilines is 1. The number of benzene rings is 1. The maximum absolute atomic E-state index is 12.7. The Bertz CT molecular complexity index is 599. The third kappa shape index (κ3) is 3.70. The molecule has 1 unspecified atom stereocenters. The van der Waals surface area contributed by atoms with Crippen molar-refractivity contribution in [3.63, 3.8) is 0 Å². The summed E-state index contributed by atoms with van der Waals surface area (Å²) in [5, 5.41) is 0. The van der Waals surface area contributed by atoms with Crippen molar-refractivity contribution in [2.45, 2.75) is 19.8 Å². The first-order chi connectivity index (χ1) is 11.1. The van der Waals surface area contributed by atoms with Gasteiger partial charge in [-0.25, -0.2) is 0 Å². The summed E-state index contributed by atoms with van der Waals surface area (Å²) in [6.45, 7) is 10.8. The number of rotatable bonds is 7. The van der Waals surface area contributed by atoms with Gasteiger partial charge in [-0.15, -0.1) is 13.2 Å². The highest BCUT2D eigenvalue weighted by atomic mass is 16.2. The molecule has 1 aromatic carbocycles. The van der Waals surface area contributed by atoms with E-state index in [9.17, 15) is 9.59 Å². The van der Waals surface area contributed by atoms with Gasteiger partial charge in [-0.05, 0) is 18.1 Å². The van der Waals surface area contributed by atoms with Crippen molar-refractivity contribution in [2.24, 2.45) is 5.92 Å². The van der Waals surface area contributed by atoms with Crippen molar-refractivity contribution in [3.8, 4) is 0 Å². The summed E-state index contributed by atoms with van der Waals surface area (Å²) in [5.74, 6) is -0.289. The highest BCUT2D eigenvalue weighted by Gasteiger charge is 2.37. The van der Waals surface area contributed by atoms with Crippen molar-refractivity contribution in [1.29, 1.82) is 0 Å². The van der Waals surface area contributed by atoms with Gasteiger partial charge in [0.05, 0.1) is 5.92 Å². The van der Waals surface area contributed by atoms with Crippen LogP contribution in [0.2, 0.25) is 0 Å². The fourth-order valence-electron chi connectivity index (χ4n) is 3.00. The number of hydrogen-bond acceptors (Lipinski definition) is 2. The van der Waals surface area contributed by atoms with E-state index in [1.807, 2.05) is 24.3 Å². The van der Waals surface area contributed by atoms with Crippen LogP contribution in [0.4, 0.5) is 5.69 Å². The number of para-hydroxylation sites is 1. The van der Waals surface area contributed by atoms with Gasteiger partial charge in [-0.3, -0.25) is 9.59 Å². The number of carbonyl (C=O) groups is 2. The second-order valence-corrected chi connectivity index (χ2v) is 5.71. The smallest absolute Gasteiger partial charge is 0.228 e. The van der Waals surface area contributed by atoms with E-state index in [1.54, 1.807) is 22.0 Å². The summed E-state index contributed by atoms with van der Waals surface area (Å²) in [6, 6.07) is 7.88. The van der Waals surface area contributed by atoms with Crippen LogP contribution in [0.1, 0.15) is 18.9 Å². The van der Waals surface area contributed by atoms with E-state index >= 15 is 0 Å². The molecule has 0 aromatic heterocycles. The monoisotopic (exact) mass is 312 g/mol. The van der Waals surface area contributed by atoms with Crippen LogP contribution in [0.25, 0.3) is 0 Å². The Kier molecular flexibility index (Phi) is 5.74. The molecular weight excluding hydrogens is 288 g/mol. The summed E-state index contributed by atoms with van der Waals surface area (Å²) in [7, 11) is 0. The van der Waals surface area contributed by atoms with Crippen LogP contribution in [0.15, 0.2) is 49.6 Å². The summed E-state index contributed by atoms with van der Waals surface area (Å²) in [4.78, 5) is 28.5. The highest BCUT2D eigenvalue weighted by molar-refractivity contribution is 6.00. The molecule has 1 saturated heterocycles. The summed E-state index contributed by atoms with van der Waals surface area (Å²) < 4.78 is 0. The molecule has 23 heavy (non-hydrogen) atoms. The average Bonchev–Trinajstić information content (AvgIpc) is 2.95. The number of hydrogen-bond donors (Lipinski definition) is 0. The first-order valence-corrected chi connectivity index (χ1v) is 8.01. The number of amides is 2. The van der Waals surface area contributed by atoms with E-state index in [0.29, 0.717) is 19.6 Å². The van der Waals surface area contributed by atoms with E-state index in [0.717, 1.165) is 17.7 Å². The second kappa shape index (κ2) is 7.77. The van der Waals surface area contributed by atoms with Crippen LogP contribution >= 0.6 is 0 Å².